The summed E-state index contributed by atoms with van der Waals surface area (Å²) < 4.78 is 10.9. The van der Waals surface area contributed by atoms with Gasteiger partial charge in [-0.15, -0.1) is 0 Å². The summed E-state index contributed by atoms with van der Waals surface area (Å²) >= 11 is 0. The van der Waals surface area contributed by atoms with Crippen molar-refractivity contribution in [3.8, 4) is 5.75 Å². The molecule has 4 heteroatoms. The number of aromatic carboxylic acids is 1. The smallest absolute Gasteiger partial charge is 0.371 e. The molecular formula is C21H26O4. The fourth-order valence-corrected chi connectivity index (χ4v) is 3.69. The van der Waals surface area contributed by atoms with Crippen LogP contribution in [-0.2, 0) is 13.0 Å². The Morgan fingerprint density at radius 2 is 1.88 bits per heavy atom. The maximum absolute atomic E-state index is 10.8. The largest absolute Gasteiger partial charge is 0.486 e. The molecule has 0 amide bonds. The molecule has 25 heavy (non-hydrogen) atoms. The minimum Gasteiger partial charge on any atom is -0.486 e. The molecule has 0 bridgehead atoms. The van der Waals surface area contributed by atoms with E-state index < -0.39 is 5.97 Å². The van der Waals surface area contributed by atoms with Crippen molar-refractivity contribution in [3.05, 3.63) is 53.5 Å². The molecule has 1 aromatic carbocycles. The zero-order valence-corrected chi connectivity index (χ0v) is 14.7. The summed E-state index contributed by atoms with van der Waals surface area (Å²) in [5.74, 6) is 1.74. The molecule has 1 N–H and O–H groups in total. The van der Waals surface area contributed by atoms with Gasteiger partial charge in [0, 0.05) is 0 Å². The lowest BCUT2D eigenvalue weighted by molar-refractivity contribution is 0.0658. The number of hydrogen-bond donors (Lipinski definition) is 1. The molecule has 3 rings (SSSR count). The van der Waals surface area contributed by atoms with Gasteiger partial charge in [0.2, 0.25) is 5.76 Å². The van der Waals surface area contributed by atoms with Gasteiger partial charge in [0.05, 0.1) is 0 Å². The summed E-state index contributed by atoms with van der Waals surface area (Å²) in [5.41, 5.74) is 1.34. The van der Waals surface area contributed by atoms with Crippen LogP contribution in [0.15, 0.2) is 40.8 Å². The van der Waals surface area contributed by atoms with Gasteiger partial charge in [-0.1, -0.05) is 51.2 Å². The fourth-order valence-electron chi connectivity index (χ4n) is 3.69. The molecule has 2 aromatic rings. The third kappa shape index (κ3) is 4.88. The van der Waals surface area contributed by atoms with Crippen LogP contribution in [-0.4, -0.2) is 11.1 Å². The number of rotatable bonds is 7. The van der Waals surface area contributed by atoms with E-state index in [1.165, 1.54) is 43.7 Å². The van der Waals surface area contributed by atoms with Gasteiger partial charge in [0.15, 0.2) is 0 Å². The Kier molecular flexibility index (Phi) is 5.79. The highest BCUT2D eigenvalue weighted by atomic mass is 16.5. The van der Waals surface area contributed by atoms with Crippen molar-refractivity contribution < 1.29 is 19.1 Å². The molecule has 0 radical (unpaired) electrons. The van der Waals surface area contributed by atoms with Crippen molar-refractivity contribution >= 4 is 5.97 Å². The van der Waals surface area contributed by atoms with Gasteiger partial charge in [0.25, 0.3) is 0 Å². The summed E-state index contributed by atoms with van der Waals surface area (Å²) in [6.45, 7) is 2.60. The van der Waals surface area contributed by atoms with Gasteiger partial charge in [0.1, 0.15) is 18.1 Å². The van der Waals surface area contributed by atoms with Crippen molar-refractivity contribution in [1.29, 1.82) is 0 Å². The Balaban J connectivity index is 1.50. The predicted molar refractivity (Wildman–Crippen MR) is 95.9 cm³/mol. The molecule has 0 aliphatic heterocycles. The van der Waals surface area contributed by atoms with E-state index in [-0.39, 0.29) is 12.4 Å². The van der Waals surface area contributed by atoms with Crippen molar-refractivity contribution in [1.82, 2.24) is 0 Å². The van der Waals surface area contributed by atoms with Crippen molar-refractivity contribution in [2.75, 3.05) is 0 Å². The molecule has 1 atom stereocenters. The molecule has 1 unspecified atom stereocenters. The monoisotopic (exact) mass is 342 g/mol. The molecule has 1 fully saturated rings. The van der Waals surface area contributed by atoms with Gasteiger partial charge in [-0.3, -0.25) is 0 Å². The fraction of sp³-hybridized carbons (Fsp3) is 0.476. The Labute approximate surface area is 148 Å². The molecule has 4 nitrogen and oxygen atoms in total. The summed E-state index contributed by atoms with van der Waals surface area (Å²) in [4.78, 5) is 10.8. The molecule has 1 aromatic heterocycles. The van der Waals surface area contributed by atoms with E-state index in [1.807, 2.05) is 12.1 Å². The average molecular weight is 342 g/mol. The first kappa shape index (κ1) is 17.6. The molecule has 1 aliphatic rings. The number of ether oxygens (including phenoxy) is 1. The lowest BCUT2D eigenvalue weighted by atomic mass is 9.78. The molecule has 0 saturated heterocycles. The van der Waals surface area contributed by atoms with Crippen LogP contribution in [0.1, 0.15) is 60.9 Å². The topological polar surface area (TPSA) is 59.7 Å². The highest BCUT2D eigenvalue weighted by molar-refractivity contribution is 5.84. The first-order valence-corrected chi connectivity index (χ1v) is 9.15. The van der Waals surface area contributed by atoms with Crippen LogP contribution in [0.5, 0.6) is 5.75 Å². The van der Waals surface area contributed by atoms with Crippen molar-refractivity contribution in [2.24, 2.45) is 11.8 Å². The van der Waals surface area contributed by atoms with Crippen LogP contribution in [0.4, 0.5) is 0 Å². The number of carbonyl (C=O) groups is 1. The summed E-state index contributed by atoms with van der Waals surface area (Å²) in [6.07, 6.45) is 8.05. The van der Waals surface area contributed by atoms with Crippen molar-refractivity contribution in [3.63, 3.8) is 0 Å². The number of carboxylic acids is 1. The number of furan rings is 1. The van der Waals surface area contributed by atoms with E-state index >= 15 is 0 Å². The third-order valence-electron chi connectivity index (χ3n) is 5.19. The maximum atomic E-state index is 10.8. The molecule has 0 spiro atoms. The number of hydrogen-bond acceptors (Lipinski definition) is 3. The molecule has 134 valence electrons. The van der Waals surface area contributed by atoms with E-state index in [9.17, 15) is 4.79 Å². The molecule has 1 heterocycles. The van der Waals surface area contributed by atoms with E-state index in [0.29, 0.717) is 5.76 Å². The second-order valence-electron chi connectivity index (χ2n) is 7.08. The SMILES string of the molecule is CC(Cc1ccc(OCc2ccc(C(=O)O)o2)cc1)C1CCCCC1. The highest BCUT2D eigenvalue weighted by Gasteiger charge is 2.20. The Hall–Kier alpha value is -2.23. The van der Waals surface area contributed by atoms with Gasteiger partial charge >= 0.3 is 5.97 Å². The van der Waals surface area contributed by atoms with E-state index in [2.05, 4.69) is 19.1 Å². The Morgan fingerprint density at radius 1 is 1.16 bits per heavy atom. The second kappa shape index (κ2) is 8.24. The average Bonchev–Trinajstić information content (AvgIpc) is 3.11. The summed E-state index contributed by atoms with van der Waals surface area (Å²) in [5, 5.41) is 8.85. The third-order valence-corrected chi connectivity index (χ3v) is 5.19. The van der Waals surface area contributed by atoms with E-state index in [0.717, 1.165) is 24.0 Å². The number of carboxylic acid groups (broad SMARTS) is 1. The Bertz CT molecular complexity index is 680. The van der Waals surface area contributed by atoms with Crippen LogP contribution < -0.4 is 4.74 Å². The quantitative estimate of drug-likeness (QED) is 0.740. The van der Waals surface area contributed by atoms with Crippen LogP contribution in [0, 0.1) is 11.8 Å². The van der Waals surface area contributed by atoms with Gasteiger partial charge in [-0.25, -0.2) is 4.79 Å². The molecular weight excluding hydrogens is 316 g/mol. The van der Waals surface area contributed by atoms with Crippen LogP contribution in [0.2, 0.25) is 0 Å². The lowest BCUT2D eigenvalue weighted by Crippen LogP contribution is -2.17. The van der Waals surface area contributed by atoms with Crippen LogP contribution >= 0.6 is 0 Å². The van der Waals surface area contributed by atoms with Crippen LogP contribution in [0.25, 0.3) is 0 Å². The first-order chi connectivity index (χ1) is 12.1. The van der Waals surface area contributed by atoms with E-state index in [1.54, 1.807) is 6.07 Å². The van der Waals surface area contributed by atoms with Gasteiger partial charge < -0.3 is 14.3 Å². The zero-order chi connectivity index (χ0) is 17.6. The second-order valence-corrected chi connectivity index (χ2v) is 7.08. The van der Waals surface area contributed by atoms with Gasteiger partial charge in [-0.2, -0.15) is 0 Å². The minimum atomic E-state index is -1.07. The summed E-state index contributed by atoms with van der Waals surface area (Å²) in [6, 6.07) is 11.3. The summed E-state index contributed by atoms with van der Waals surface area (Å²) in [7, 11) is 0. The first-order valence-electron chi connectivity index (χ1n) is 9.15. The number of benzene rings is 1. The van der Waals surface area contributed by atoms with Crippen LogP contribution in [0.3, 0.4) is 0 Å². The minimum absolute atomic E-state index is 0.0642. The predicted octanol–water partition coefficient (Wildman–Crippen LogP) is 5.32. The zero-order valence-electron chi connectivity index (χ0n) is 14.7. The standard InChI is InChI=1S/C21H26O4/c1-15(17-5-3-2-4-6-17)13-16-7-9-18(10-8-16)24-14-19-11-12-20(25-19)21(22)23/h7-12,15,17H,2-6,13-14H2,1H3,(H,22,23). The van der Waals surface area contributed by atoms with Crippen molar-refractivity contribution in [2.45, 2.75) is 52.1 Å². The molecule has 1 aliphatic carbocycles. The lowest BCUT2D eigenvalue weighted by Gasteiger charge is -2.27. The van der Waals surface area contributed by atoms with Gasteiger partial charge in [-0.05, 0) is 48.1 Å². The Morgan fingerprint density at radius 3 is 2.52 bits per heavy atom. The molecule has 1 saturated carbocycles. The normalized spacial score (nSPS) is 16.5. The van der Waals surface area contributed by atoms with E-state index in [4.69, 9.17) is 14.3 Å². The highest BCUT2D eigenvalue weighted by Crippen LogP contribution is 2.31. The maximum Gasteiger partial charge on any atom is 0.371 e.